The van der Waals surface area contributed by atoms with E-state index in [1.165, 1.54) is 0 Å². The lowest BCUT2D eigenvalue weighted by Gasteiger charge is -2.11. The summed E-state index contributed by atoms with van der Waals surface area (Å²) in [4.78, 5) is 0. The first kappa shape index (κ1) is 12.8. The zero-order chi connectivity index (χ0) is 13.3. The molecule has 0 aliphatic heterocycles. The topological polar surface area (TPSA) is 42.8 Å². The van der Waals surface area contributed by atoms with Gasteiger partial charge in [0.25, 0.3) is 0 Å². The Morgan fingerprint density at radius 2 is 2.11 bits per heavy atom. The van der Waals surface area contributed by atoms with E-state index in [9.17, 15) is 0 Å². The molecule has 0 radical (unpaired) electrons. The summed E-state index contributed by atoms with van der Waals surface area (Å²) >= 11 is 5.29. The molecule has 0 saturated heterocycles. The highest BCUT2D eigenvalue weighted by atomic mass is 32.1. The Labute approximate surface area is 112 Å². The van der Waals surface area contributed by atoms with Crippen molar-refractivity contribution in [2.45, 2.75) is 26.7 Å². The van der Waals surface area contributed by atoms with Crippen LogP contribution in [0.5, 0.6) is 5.75 Å². The smallest absolute Gasteiger partial charge is 0.199 e. The van der Waals surface area contributed by atoms with Crippen LogP contribution in [-0.4, -0.2) is 21.9 Å². The van der Waals surface area contributed by atoms with Gasteiger partial charge in [0, 0.05) is 5.92 Å². The molecule has 1 aromatic carbocycles. The molecule has 4 nitrogen and oxygen atoms in total. The maximum absolute atomic E-state index is 5.29. The lowest BCUT2D eigenvalue weighted by molar-refractivity contribution is 0.411. The van der Waals surface area contributed by atoms with Gasteiger partial charge in [-0.25, -0.2) is 0 Å². The average Bonchev–Trinajstić information content (AvgIpc) is 2.71. The third-order valence-corrected chi connectivity index (χ3v) is 3.13. The van der Waals surface area contributed by atoms with Crippen LogP contribution < -0.4 is 4.74 Å². The molecule has 0 aliphatic carbocycles. The molecule has 2 rings (SSSR count). The summed E-state index contributed by atoms with van der Waals surface area (Å²) in [5.41, 5.74) is 2.09. The van der Waals surface area contributed by atoms with Crippen LogP contribution >= 0.6 is 12.2 Å². The Balaban J connectivity index is 2.59. The van der Waals surface area contributed by atoms with Gasteiger partial charge in [0.1, 0.15) is 11.6 Å². The van der Waals surface area contributed by atoms with Crippen LogP contribution in [0.25, 0.3) is 5.69 Å². The summed E-state index contributed by atoms with van der Waals surface area (Å²) in [5, 5.41) is 7.13. The summed E-state index contributed by atoms with van der Waals surface area (Å²) in [5.74, 6) is 2.12. The molecule has 1 N–H and O–H groups in total. The minimum atomic E-state index is 0.306. The van der Waals surface area contributed by atoms with Crippen molar-refractivity contribution in [1.29, 1.82) is 0 Å². The number of rotatable bonds is 3. The molecule has 0 saturated carbocycles. The van der Waals surface area contributed by atoms with Crippen molar-refractivity contribution in [3.05, 3.63) is 34.4 Å². The van der Waals surface area contributed by atoms with E-state index in [4.69, 9.17) is 17.0 Å². The van der Waals surface area contributed by atoms with Crippen molar-refractivity contribution in [3.8, 4) is 11.4 Å². The number of aromatic nitrogens is 3. The standard InChI is InChI=1S/C13H17N3OS/c1-8(2)12-14-15-13(18)16(12)10-5-6-11(17-4)9(3)7-10/h5-8H,1-4H3,(H,15,18). The Morgan fingerprint density at radius 1 is 1.39 bits per heavy atom. The molecule has 18 heavy (non-hydrogen) atoms. The molecular weight excluding hydrogens is 246 g/mol. The lowest BCUT2D eigenvalue weighted by Crippen LogP contribution is -2.03. The number of H-pyrrole nitrogens is 1. The van der Waals surface area contributed by atoms with Crippen LogP contribution in [0.4, 0.5) is 0 Å². The van der Waals surface area contributed by atoms with Gasteiger partial charge in [-0.3, -0.25) is 9.67 Å². The van der Waals surface area contributed by atoms with Crippen LogP contribution in [0.2, 0.25) is 0 Å². The first-order valence-electron chi connectivity index (χ1n) is 5.87. The second-order valence-corrected chi connectivity index (χ2v) is 4.92. The summed E-state index contributed by atoms with van der Waals surface area (Å²) < 4.78 is 7.85. The molecule has 0 spiro atoms. The Bertz CT molecular complexity index is 613. The van der Waals surface area contributed by atoms with Crippen molar-refractivity contribution < 1.29 is 4.74 Å². The number of nitrogens with one attached hydrogen (secondary N) is 1. The number of hydrogen-bond acceptors (Lipinski definition) is 3. The molecular formula is C13H17N3OS. The van der Waals surface area contributed by atoms with Crippen molar-refractivity contribution in [2.75, 3.05) is 7.11 Å². The van der Waals surface area contributed by atoms with Gasteiger partial charge < -0.3 is 4.74 Å². The zero-order valence-corrected chi connectivity index (χ0v) is 11.8. The first-order valence-corrected chi connectivity index (χ1v) is 6.27. The van der Waals surface area contributed by atoms with E-state index in [1.54, 1.807) is 7.11 Å². The van der Waals surface area contributed by atoms with E-state index in [0.29, 0.717) is 10.7 Å². The van der Waals surface area contributed by atoms with Crippen molar-refractivity contribution in [1.82, 2.24) is 14.8 Å². The number of methoxy groups -OCH3 is 1. The third kappa shape index (κ3) is 2.18. The number of hydrogen-bond donors (Lipinski definition) is 1. The SMILES string of the molecule is COc1ccc(-n2c(C(C)C)n[nH]c2=S)cc1C. The molecule has 2 aromatic rings. The summed E-state index contributed by atoms with van der Waals surface area (Å²) in [7, 11) is 1.67. The van der Waals surface area contributed by atoms with Crippen molar-refractivity contribution in [2.24, 2.45) is 0 Å². The molecule has 1 heterocycles. The van der Waals surface area contributed by atoms with Crippen LogP contribution in [0.3, 0.4) is 0 Å². The fourth-order valence-corrected chi connectivity index (χ4v) is 2.19. The van der Waals surface area contributed by atoms with Gasteiger partial charge in [-0.1, -0.05) is 13.8 Å². The summed E-state index contributed by atoms with van der Waals surface area (Å²) in [6.45, 7) is 6.21. The van der Waals surface area contributed by atoms with Gasteiger partial charge >= 0.3 is 0 Å². The van der Waals surface area contributed by atoms with E-state index in [2.05, 4.69) is 30.1 Å². The maximum atomic E-state index is 5.29. The minimum absolute atomic E-state index is 0.306. The molecule has 0 bridgehead atoms. The van der Waals surface area contributed by atoms with Crippen LogP contribution in [-0.2, 0) is 0 Å². The Kier molecular flexibility index (Phi) is 3.52. The molecule has 1 aromatic heterocycles. The largest absolute Gasteiger partial charge is 0.496 e. The van der Waals surface area contributed by atoms with E-state index in [-0.39, 0.29) is 0 Å². The highest BCUT2D eigenvalue weighted by molar-refractivity contribution is 7.71. The summed E-state index contributed by atoms with van der Waals surface area (Å²) in [6, 6.07) is 5.99. The van der Waals surface area contributed by atoms with E-state index in [0.717, 1.165) is 22.8 Å². The number of ether oxygens (including phenoxy) is 1. The average molecular weight is 263 g/mol. The number of benzene rings is 1. The van der Waals surface area contributed by atoms with Crippen LogP contribution in [0, 0.1) is 11.7 Å². The van der Waals surface area contributed by atoms with E-state index in [1.807, 2.05) is 23.6 Å². The Hall–Kier alpha value is -1.62. The zero-order valence-electron chi connectivity index (χ0n) is 11.0. The minimum Gasteiger partial charge on any atom is -0.496 e. The first-order chi connectivity index (χ1) is 8.54. The van der Waals surface area contributed by atoms with Crippen molar-refractivity contribution >= 4 is 12.2 Å². The predicted octanol–water partition coefficient (Wildman–Crippen LogP) is 3.37. The second kappa shape index (κ2) is 4.94. The normalized spacial score (nSPS) is 10.9. The van der Waals surface area contributed by atoms with Gasteiger partial charge in [-0.2, -0.15) is 5.10 Å². The highest BCUT2D eigenvalue weighted by Gasteiger charge is 2.12. The van der Waals surface area contributed by atoms with Crippen molar-refractivity contribution in [3.63, 3.8) is 0 Å². The molecule has 0 aliphatic rings. The number of nitrogens with zero attached hydrogens (tertiary/aromatic N) is 2. The molecule has 0 fully saturated rings. The van der Waals surface area contributed by atoms with Gasteiger partial charge in [-0.05, 0) is 42.9 Å². The van der Waals surface area contributed by atoms with Crippen LogP contribution in [0.1, 0.15) is 31.2 Å². The van der Waals surface area contributed by atoms with Gasteiger partial charge in [0.2, 0.25) is 0 Å². The fourth-order valence-electron chi connectivity index (χ4n) is 1.95. The van der Waals surface area contributed by atoms with E-state index < -0.39 is 0 Å². The predicted molar refractivity (Wildman–Crippen MR) is 74.1 cm³/mol. The van der Waals surface area contributed by atoms with E-state index >= 15 is 0 Å². The monoisotopic (exact) mass is 263 g/mol. The molecule has 0 unspecified atom stereocenters. The highest BCUT2D eigenvalue weighted by Crippen LogP contribution is 2.23. The third-order valence-electron chi connectivity index (χ3n) is 2.85. The lowest BCUT2D eigenvalue weighted by atomic mass is 10.1. The quantitative estimate of drug-likeness (QED) is 0.863. The maximum Gasteiger partial charge on any atom is 0.199 e. The Morgan fingerprint density at radius 3 is 2.67 bits per heavy atom. The number of aryl methyl sites for hydroxylation is 1. The van der Waals surface area contributed by atoms with Crippen LogP contribution in [0.15, 0.2) is 18.2 Å². The molecule has 0 amide bonds. The molecule has 5 heteroatoms. The second-order valence-electron chi connectivity index (χ2n) is 4.53. The number of aromatic amines is 1. The molecule has 96 valence electrons. The van der Waals surface area contributed by atoms with Gasteiger partial charge in [0.05, 0.1) is 12.8 Å². The summed E-state index contributed by atoms with van der Waals surface area (Å²) in [6.07, 6.45) is 0. The fraction of sp³-hybridized carbons (Fsp3) is 0.385. The van der Waals surface area contributed by atoms with Gasteiger partial charge in [-0.15, -0.1) is 0 Å². The molecule has 0 atom stereocenters. The van der Waals surface area contributed by atoms with Gasteiger partial charge in [0.15, 0.2) is 4.77 Å².